The van der Waals surface area contributed by atoms with E-state index in [0.717, 1.165) is 38.6 Å². The maximum absolute atomic E-state index is 12.6. The third-order valence-corrected chi connectivity index (χ3v) is 4.70. The van der Waals surface area contributed by atoms with Gasteiger partial charge in [0.05, 0.1) is 6.54 Å². The van der Waals surface area contributed by atoms with Crippen LogP contribution < -0.4 is 5.32 Å². The molecule has 128 valence electrons. The molecule has 0 radical (unpaired) electrons. The maximum atomic E-state index is 12.6. The van der Waals surface area contributed by atoms with Gasteiger partial charge < -0.3 is 10.2 Å². The molecule has 1 saturated heterocycles. The molecule has 0 bridgehead atoms. The maximum Gasteiger partial charge on any atom is 0.237 e. The summed E-state index contributed by atoms with van der Waals surface area (Å²) in [6.07, 6.45) is 2.40. The number of hydrogen-bond donors (Lipinski definition) is 1. The van der Waals surface area contributed by atoms with E-state index in [1.54, 1.807) is 0 Å². The van der Waals surface area contributed by atoms with Crippen molar-refractivity contribution in [2.45, 2.75) is 33.2 Å². The minimum absolute atomic E-state index is 0.251. The first-order chi connectivity index (χ1) is 11.2. The Morgan fingerprint density at radius 2 is 1.91 bits per heavy atom. The van der Waals surface area contributed by atoms with E-state index in [1.807, 2.05) is 23.1 Å². The molecular weight excluding hydrogens is 286 g/mol. The number of rotatable bonds is 8. The van der Waals surface area contributed by atoms with Gasteiger partial charge in [-0.15, -0.1) is 0 Å². The number of nitrogens with zero attached hydrogens (tertiary/aromatic N) is 2. The number of amides is 1. The number of nitrogens with one attached hydrogen (secondary N) is 1. The SMILES string of the molecule is CCNCC1CCN(CC(=O)N(CC)Cc2ccccc2)CC1. The molecule has 1 aromatic carbocycles. The van der Waals surface area contributed by atoms with E-state index in [1.165, 1.54) is 18.4 Å². The van der Waals surface area contributed by atoms with Gasteiger partial charge in [-0.05, 0) is 57.4 Å². The van der Waals surface area contributed by atoms with Crippen molar-refractivity contribution in [3.05, 3.63) is 35.9 Å². The van der Waals surface area contributed by atoms with Crippen LogP contribution in [0.15, 0.2) is 30.3 Å². The second-order valence-electron chi connectivity index (χ2n) is 6.42. The molecule has 1 N–H and O–H groups in total. The normalized spacial score (nSPS) is 16.4. The lowest BCUT2D eigenvalue weighted by Gasteiger charge is -2.33. The van der Waals surface area contributed by atoms with Crippen molar-refractivity contribution in [3.63, 3.8) is 0 Å². The number of likely N-dealkylation sites (N-methyl/N-ethyl adjacent to an activating group) is 1. The molecule has 1 fully saturated rings. The first-order valence-electron chi connectivity index (χ1n) is 8.97. The van der Waals surface area contributed by atoms with Crippen LogP contribution in [0.25, 0.3) is 0 Å². The summed E-state index contributed by atoms with van der Waals surface area (Å²) in [5.41, 5.74) is 1.20. The van der Waals surface area contributed by atoms with E-state index >= 15 is 0 Å². The predicted molar refractivity (Wildman–Crippen MR) is 95.2 cm³/mol. The fourth-order valence-corrected chi connectivity index (χ4v) is 3.17. The molecule has 4 heteroatoms. The van der Waals surface area contributed by atoms with Gasteiger partial charge in [0, 0.05) is 13.1 Å². The van der Waals surface area contributed by atoms with E-state index in [-0.39, 0.29) is 5.91 Å². The molecule has 0 saturated carbocycles. The van der Waals surface area contributed by atoms with Crippen LogP contribution in [0.2, 0.25) is 0 Å². The van der Waals surface area contributed by atoms with Crippen LogP contribution >= 0.6 is 0 Å². The molecule has 0 unspecified atom stereocenters. The fraction of sp³-hybridized carbons (Fsp3) is 0.632. The van der Waals surface area contributed by atoms with E-state index in [2.05, 4.69) is 36.2 Å². The summed E-state index contributed by atoms with van der Waals surface area (Å²) in [7, 11) is 0. The Kier molecular flexibility index (Phi) is 7.56. The number of likely N-dealkylation sites (tertiary alicyclic amines) is 1. The molecule has 4 nitrogen and oxygen atoms in total. The zero-order valence-electron chi connectivity index (χ0n) is 14.6. The highest BCUT2D eigenvalue weighted by atomic mass is 16.2. The summed E-state index contributed by atoms with van der Waals surface area (Å²) in [5, 5.41) is 3.43. The standard InChI is InChI=1S/C19H31N3O/c1-3-20-14-17-10-12-21(13-11-17)16-19(23)22(4-2)15-18-8-6-5-7-9-18/h5-9,17,20H,3-4,10-16H2,1-2H3. The third kappa shape index (κ3) is 5.96. The van der Waals surface area contributed by atoms with Crippen molar-refractivity contribution < 1.29 is 4.79 Å². The molecular formula is C19H31N3O. The first kappa shape index (κ1) is 18.0. The number of benzene rings is 1. The molecule has 2 rings (SSSR count). The summed E-state index contributed by atoms with van der Waals surface area (Å²) in [4.78, 5) is 16.8. The molecule has 23 heavy (non-hydrogen) atoms. The Morgan fingerprint density at radius 1 is 1.22 bits per heavy atom. The number of carbonyl (C=O) groups is 1. The Bertz CT molecular complexity index is 455. The second kappa shape index (κ2) is 9.68. The van der Waals surface area contributed by atoms with Crippen molar-refractivity contribution in [3.8, 4) is 0 Å². The van der Waals surface area contributed by atoms with E-state index < -0.39 is 0 Å². The van der Waals surface area contributed by atoms with Gasteiger partial charge in [-0.1, -0.05) is 37.3 Å². The lowest BCUT2D eigenvalue weighted by atomic mass is 9.97. The second-order valence-corrected chi connectivity index (χ2v) is 6.42. The lowest BCUT2D eigenvalue weighted by Crippen LogP contribution is -2.44. The van der Waals surface area contributed by atoms with Crippen molar-refractivity contribution in [2.75, 3.05) is 39.3 Å². The number of piperidine rings is 1. The molecule has 1 aliphatic rings. The monoisotopic (exact) mass is 317 g/mol. The smallest absolute Gasteiger partial charge is 0.237 e. The minimum Gasteiger partial charge on any atom is -0.338 e. The molecule has 0 spiro atoms. The van der Waals surface area contributed by atoms with Crippen molar-refractivity contribution >= 4 is 5.91 Å². The van der Waals surface area contributed by atoms with Crippen molar-refractivity contribution in [2.24, 2.45) is 5.92 Å². The van der Waals surface area contributed by atoms with Gasteiger partial charge in [0.2, 0.25) is 5.91 Å². The van der Waals surface area contributed by atoms with E-state index in [9.17, 15) is 4.79 Å². The average Bonchev–Trinajstić information content (AvgIpc) is 2.60. The van der Waals surface area contributed by atoms with Crippen molar-refractivity contribution in [1.29, 1.82) is 0 Å². The summed E-state index contributed by atoms with van der Waals surface area (Å²) in [6, 6.07) is 10.2. The van der Waals surface area contributed by atoms with Gasteiger partial charge in [0.1, 0.15) is 0 Å². The van der Waals surface area contributed by atoms with Crippen LogP contribution in [0, 0.1) is 5.92 Å². The van der Waals surface area contributed by atoms with Gasteiger partial charge >= 0.3 is 0 Å². The van der Waals surface area contributed by atoms with E-state index in [4.69, 9.17) is 0 Å². The number of hydrogen-bond acceptors (Lipinski definition) is 3. The van der Waals surface area contributed by atoms with Crippen LogP contribution in [0.1, 0.15) is 32.3 Å². The Morgan fingerprint density at radius 3 is 2.52 bits per heavy atom. The zero-order valence-corrected chi connectivity index (χ0v) is 14.6. The summed E-state index contributed by atoms with van der Waals surface area (Å²) in [5.74, 6) is 1.02. The van der Waals surface area contributed by atoms with Crippen molar-refractivity contribution in [1.82, 2.24) is 15.1 Å². The minimum atomic E-state index is 0.251. The highest BCUT2D eigenvalue weighted by Gasteiger charge is 2.22. The van der Waals surface area contributed by atoms with E-state index in [0.29, 0.717) is 13.1 Å². The van der Waals surface area contributed by atoms with Gasteiger partial charge in [-0.2, -0.15) is 0 Å². The fourth-order valence-electron chi connectivity index (χ4n) is 3.17. The average molecular weight is 317 g/mol. The zero-order chi connectivity index (χ0) is 16.5. The third-order valence-electron chi connectivity index (χ3n) is 4.70. The van der Waals surface area contributed by atoms with Crippen LogP contribution in [0.3, 0.4) is 0 Å². The number of carbonyl (C=O) groups excluding carboxylic acids is 1. The van der Waals surface area contributed by atoms with Crippen LogP contribution in [-0.2, 0) is 11.3 Å². The van der Waals surface area contributed by atoms with Crippen LogP contribution in [0.4, 0.5) is 0 Å². The molecule has 0 aromatic heterocycles. The van der Waals surface area contributed by atoms with Crippen LogP contribution in [-0.4, -0.2) is 55.0 Å². The summed E-state index contributed by atoms with van der Waals surface area (Å²) < 4.78 is 0. The summed E-state index contributed by atoms with van der Waals surface area (Å²) in [6.45, 7) is 10.5. The Labute approximate surface area is 140 Å². The van der Waals surface area contributed by atoms with Gasteiger partial charge in [0.25, 0.3) is 0 Å². The molecule has 1 aromatic rings. The topological polar surface area (TPSA) is 35.6 Å². The Balaban J connectivity index is 1.77. The molecule has 0 atom stereocenters. The molecule has 1 amide bonds. The predicted octanol–water partition coefficient (Wildman–Crippen LogP) is 2.36. The summed E-state index contributed by atoms with van der Waals surface area (Å²) >= 11 is 0. The quantitative estimate of drug-likeness (QED) is 0.799. The molecule has 1 aliphatic heterocycles. The van der Waals surface area contributed by atoms with Crippen LogP contribution in [0.5, 0.6) is 0 Å². The highest BCUT2D eigenvalue weighted by Crippen LogP contribution is 2.16. The lowest BCUT2D eigenvalue weighted by molar-refractivity contribution is -0.133. The first-order valence-corrected chi connectivity index (χ1v) is 8.97. The van der Waals surface area contributed by atoms with Gasteiger partial charge in [0.15, 0.2) is 0 Å². The molecule has 1 heterocycles. The molecule has 0 aliphatic carbocycles. The van der Waals surface area contributed by atoms with Gasteiger partial charge in [-0.25, -0.2) is 0 Å². The largest absolute Gasteiger partial charge is 0.338 e. The Hall–Kier alpha value is -1.39. The van der Waals surface area contributed by atoms with Gasteiger partial charge in [-0.3, -0.25) is 9.69 Å². The highest BCUT2D eigenvalue weighted by molar-refractivity contribution is 5.78.